The van der Waals surface area contributed by atoms with Gasteiger partial charge in [0.1, 0.15) is 6.61 Å². The maximum Gasteiger partial charge on any atom is 0.472 e. The normalized spacial score (nSPS) is 13.3. The highest BCUT2D eigenvalue weighted by Crippen LogP contribution is 2.43. The van der Waals surface area contributed by atoms with E-state index in [1.165, 1.54) is 148 Å². The summed E-state index contributed by atoms with van der Waals surface area (Å²) in [7, 11) is -4.36. The molecule has 0 aliphatic rings. The number of carbonyl (C=O) groups is 2. The van der Waals surface area contributed by atoms with Gasteiger partial charge in [0.05, 0.1) is 13.2 Å². The van der Waals surface area contributed by atoms with E-state index in [9.17, 15) is 19.0 Å². The molecule has 10 heteroatoms. The number of nitrogens with two attached hydrogens (primary N) is 1. The van der Waals surface area contributed by atoms with Gasteiger partial charge in [-0.15, -0.1) is 0 Å². The van der Waals surface area contributed by atoms with Gasteiger partial charge >= 0.3 is 19.8 Å². The molecule has 0 radical (unpaired) electrons. The predicted molar refractivity (Wildman–Crippen MR) is 206 cm³/mol. The molecule has 0 saturated carbocycles. The third kappa shape index (κ3) is 36.8. The van der Waals surface area contributed by atoms with Gasteiger partial charge in [-0.25, -0.2) is 4.57 Å². The van der Waals surface area contributed by atoms with Crippen molar-refractivity contribution in [3.63, 3.8) is 0 Å². The maximum absolute atomic E-state index is 12.5. The van der Waals surface area contributed by atoms with E-state index in [0.29, 0.717) is 6.42 Å². The van der Waals surface area contributed by atoms with Gasteiger partial charge in [-0.1, -0.05) is 187 Å². The molecule has 0 aromatic rings. The first kappa shape index (κ1) is 49.0. The highest BCUT2D eigenvalue weighted by molar-refractivity contribution is 7.47. The van der Waals surface area contributed by atoms with E-state index in [-0.39, 0.29) is 38.6 Å². The SMILES string of the molecule is CCCCCCCCCCCCCCCCCCCCCCC(=O)OC[C@H](COP(=O)(O)OCCN)OC(=O)CCCCCCCCCCC. The fraction of sp³-hybridized carbons (Fsp3) is 0.950. The van der Waals surface area contributed by atoms with Crippen LogP contribution >= 0.6 is 7.82 Å². The second kappa shape index (κ2) is 37.8. The molecule has 0 saturated heterocycles. The van der Waals surface area contributed by atoms with Crippen LogP contribution in [-0.4, -0.2) is 49.3 Å². The molecule has 2 atom stereocenters. The van der Waals surface area contributed by atoms with Crippen molar-refractivity contribution in [1.82, 2.24) is 0 Å². The Kier molecular flexibility index (Phi) is 37.0. The number of phosphoric ester groups is 1. The Bertz CT molecular complexity index is 799. The molecule has 0 rings (SSSR count). The fourth-order valence-corrected chi connectivity index (χ4v) is 6.87. The molecular weight excluding hydrogens is 653 g/mol. The lowest BCUT2D eigenvalue weighted by Crippen LogP contribution is -2.29. The highest BCUT2D eigenvalue weighted by Gasteiger charge is 2.26. The zero-order chi connectivity index (χ0) is 36.8. The standard InChI is InChI=1S/C40H80NO8P/c1-3-5-7-9-11-13-14-15-16-17-18-19-20-21-22-23-25-26-28-30-32-39(42)46-36-38(37-48-50(44,45)47-35-34-41)49-40(43)33-31-29-27-24-12-10-8-6-4-2/h38H,3-37,41H2,1-2H3,(H,44,45)/t38-/m1/s1. The van der Waals surface area contributed by atoms with Gasteiger partial charge in [0.25, 0.3) is 0 Å². The van der Waals surface area contributed by atoms with Crippen LogP contribution in [-0.2, 0) is 32.7 Å². The zero-order valence-corrected chi connectivity index (χ0v) is 33.6. The molecular formula is C40H80NO8P. The summed E-state index contributed by atoms with van der Waals surface area (Å²) in [5.41, 5.74) is 5.33. The molecule has 3 N–H and O–H groups in total. The summed E-state index contributed by atoms with van der Waals surface area (Å²) in [6.07, 6.45) is 35.7. The van der Waals surface area contributed by atoms with E-state index in [2.05, 4.69) is 13.8 Å². The predicted octanol–water partition coefficient (Wildman–Crippen LogP) is 11.7. The summed E-state index contributed by atoms with van der Waals surface area (Å²) in [6, 6.07) is 0. The van der Waals surface area contributed by atoms with Crippen LogP contribution in [0.2, 0.25) is 0 Å². The number of carbonyl (C=O) groups excluding carboxylic acids is 2. The van der Waals surface area contributed by atoms with E-state index >= 15 is 0 Å². The second-order valence-corrected chi connectivity index (χ2v) is 15.7. The number of ether oxygens (including phenoxy) is 2. The Morgan fingerprint density at radius 3 is 1.22 bits per heavy atom. The van der Waals surface area contributed by atoms with E-state index in [4.69, 9.17) is 24.3 Å². The molecule has 9 nitrogen and oxygen atoms in total. The third-order valence-electron chi connectivity index (χ3n) is 9.24. The van der Waals surface area contributed by atoms with Crippen molar-refractivity contribution < 1.29 is 37.6 Å². The molecule has 0 amide bonds. The molecule has 1 unspecified atom stereocenters. The van der Waals surface area contributed by atoms with Crippen molar-refractivity contribution in [1.29, 1.82) is 0 Å². The first-order valence-corrected chi connectivity index (χ1v) is 22.5. The summed E-state index contributed by atoms with van der Waals surface area (Å²) < 4.78 is 32.6. The number of rotatable bonds is 40. The molecule has 298 valence electrons. The number of unbranched alkanes of at least 4 members (excludes halogenated alkanes) is 27. The van der Waals surface area contributed by atoms with Gasteiger partial charge < -0.3 is 20.1 Å². The van der Waals surface area contributed by atoms with Crippen LogP contribution in [0.1, 0.15) is 213 Å². The topological polar surface area (TPSA) is 134 Å². The number of hydrogen-bond donors (Lipinski definition) is 2. The first-order chi connectivity index (χ1) is 24.3. The Morgan fingerprint density at radius 2 is 0.860 bits per heavy atom. The first-order valence-electron chi connectivity index (χ1n) is 21.0. The molecule has 0 aliphatic heterocycles. The van der Waals surface area contributed by atoms with Crippen LogP contribution in [0.4, 0.5) is 0 Å². The van der Waals surface area contributed by atoms with Gasteiger partial charge in [-0.2, -0.15) is 0 Å². The van der Waals surface area contributed by atoms with Gasteiger partial charge in [0.15, 0.2) is 6.10 Å². The third-order valence-corrected chi connectivity index (χ3v) is 10.2. The molecule has 0 fully saturated rings. The number of hydrogen-bond acceptors (Lipinski definition) is 8. The lowest BCUT2D eigenvalue weighted by atomic mass is 10.0. The van der Waals surface area contributed by atoms with E-state index < -0.39 is 26.5 Å². The quantitative estimate of drug-likeness (QED) is 0.0358. The molecule has 0 heterocycles. The van der Waals surface area contributed by atoms with Gasteiger partial charge in [-0.05, 0) is 12.8 Å². The Hall–Kier alpha value is -0.990. The van der Waals surface area contributed by atoms with Crippen molar-refractivity contribution in [2.75, 3.05) is 26.4 Å². The Morgan fingerprint density at radius 1 is 0.520 bits per heavy atom. The average molecular weight is 734 g/mol. The molecule has 0 bridgehead atoms. The van der Waals surface area contributed by atoms with Crippen molar-refractivity contribution in [3.05, 3.63) is 0 Å². The summed E-state index contributed by atoms with van der Waals surface area (Å²) in [5, 5.41) is 0. The van der Waals surface area contributed by atoms with Crippen molar-refractivity contribution >= 4 is 19.8 Å². The smallest absolute Gasteiger partial charge is 0.462 e. The minimum absolute atomic E-state index is 0.0577. The van der Waals surface area contributed by atoms with Crippen LogP contribution in [0.5, 0.6) is 0 Å². The summed E-state index contributed by atoms with van der Waals surface area (Å²) in [6.45, 7) is 3.74. The molecule has 0 spiro atoms. The number of phosphoric acid groups is 1. The largest absolute Gasteiger partial charge is 0.472 e. The lowest BCUT2D eigenvalue weighted by molar-refractivity contribution is -0.161. The molecule has 0 aromatic carbocycles. The molecule has 50 heavy (non-hydrogen) atoms. The lowest BCUT2D eigenvalue weighted by Gasteiger charge is -2.19. The Balaban J connectivity index is 4.00. The van der Waals surface area contributed by atoms with Gasteiger partial charge in [0, 0.05) is 19.4 Å². The Labute approximate surface area is 307 Å². The van der Waals surface area contributed by atoms with Crippen molar-refractivity contribution in [3.8, 4) is 0 Å². The van der Waals surface area contributed by atoms with Crippen molar-refractivity contribution in [2.45, 2.75) is 219 Å². The van der Waals surface area contributed by atoms with E-state index in [0.717, 1.165) is 32.1 Å². The second-order valence-electron chi connectivity index (χ2n) is 14.2. The van der Waals surface area contributed by atoms with Crippen LogP contribution in [0.3, 0.4) is 0 Å². The van der Waals surface area contributed by atoms with Crippen LogP contribution in [0.25, 0.3) is 0 Å². The van der Waals surface area contributed by atoms with Crippen LogP contribution in [0.15, 0.2) is 0 Å². The maximum atomic E-state index is 12.5. The van der Waals surface area contributed by atoms with Gasteiger partial charge in [-0.3, -0.25) is 18.6 Å². The molecule has 0 aliphatic carbocycles. The minimum Gasteiger partial charge on any atom is -0.462 e. The van der Waals surface area contributed by atoms with E-state index in [1.807, 2.05) is 0 Å². The highest BCUT2D eigenvalue weighted by atomic mass is 31.2. The van der Waals surface area contributed by atoms with Crippen molar-refractivity contribution in [2.24, 2.45) is 5.73 Å². The fourth-order valence-electron chi connectivity index (χ4n) is 6.11. The van der Waals surface area contributed by atoms with Crippen LogP contribution in [0, 0.1) is 0 Å². The van der Waals surface area contributed by atoms with Crippen LogP contribution < -0.4 is 5.73 Å². The average Bonchev–Trinajstić information content (AvgIpc) is 3.10. The zero-order valence-electron chi connectivity index (χ0n) is 32.7. The van der Waals surface area contributed by atoms with Gasteiger partial charge in [0.2, 0.25) is 0 Å². The monoisotopic (exact) mass is 734 g/mol. The summed E-state index contributed by atoms with van der Waals surface area (Å²) in [4.78, 5) is 34.7. The molecule has 0 aromatic heterocycles. The summed E-state index contributed by atoms with van der Waals surface area (Å²) in [5.74, 6) is -0.818. The number of esters is 2. The summed E-state index contributed by atoms with van der Waals surface area (Å²) >= 11 is 0. The minimum atomic E-state index is -4.36. The van der Waals surface area contributed by atoms with E-state index in [1.54, 1.807) is 0 Å².